The van der Waals surface area contributed by atoms with Crippen molar-refractivity contribution in [3.8, 4) is 27.6 Å². The van der Waals surface area contributed by atoms with Gasteiger partial charge in [-0.25, -0.2) is 0 Å². The highest BCUT2D eigenvalue weighted by Crippen LogP contribution is 2.32. The number of carbonyl (C=O) groups excluding carboxylic acids is 1. The number of carbonyl (C=O) groups is 1. The van der Waals surface area contributed by atoms with Crippen molar-refractivity contribution in [1.82, 2.24) is 5.16 Å². The van der Waals surface area contributed by atoms with Gasteiger partial charge in [-0.2, -0.15) is 0 Å². The van der Waals surface area contributed by atoms with Crippen molar-refractivity contribution < 1.29 is 14.1 Å². The summed E-state index contributed by atoms with van der Waals surface area (Å²) in [6.07, 6.45) is 10.9. The van der Waals surface area contributed by atoms with Crippen LogP contribution in [0.1, 0.15) is 76.5 Å². The van der Waals surface area contributed by atoms with Crippen LogP contribution in [-0.4, -0.2) is 11.1 Å². The van der Waals surface area contributed by atoms with Crippen molar-refractivity contribution in [2.45, 2.75) is 78.1 Å². The Balaban J connectivity index is 1.50. The number of benzene rings is 1. The smallest absolute Gasteiger partial charge is 0.311 e. The Labute approximate surface area is 189 Å². The average Bonchev–Trinajstić information content (AvgIpc) is 3.45. The van der Waals surface area contributed by atoms with Crippen LogP contribution in [0.15, 0.2) is 47.0 Å². The summed E-state index contributed by atoms with van der Waals surface area (Å²) in [5.74, 6) is 1.11. The first-order valence-electron chi connectivity index (χ1n) is 11.6. The minimum Gasteiger partial charge on any atom is -0.427 e. The Morgan fingerprint density at radius 2 is 1.68 bits per heavy atom. The van der Waals surface area contributed by atoms with Gasteiger partial charge in [0, 0.05) is 22.9 Å². The third-order valence-electron chi connectivity index (χ3n) is 5.31. The number of unbranched alkanes of at least 4 members (excludes halogenated alkanes) is 6. The van der Waals surface area contributed by atoms with Crippen LogP contribution in [0, 0.1) is 0 Å². The highest BCUT2D eigenvalue weighted by Gasteiger charge is 2.12. The second kappa shape index (κ2) is 12.5. The summed E-state index contributed by atoms with van der Waals surface area (Å²) < 4.78 is 11.0. The number of hydrogen-bond donors (Lipinski definition) is 0. The summed E-state index contributed by atoms with van der Waals surface area (Å²) >= 11 is 1.78. The number of nitrogens with zero attached hydrogens (tertiary/aromatic N) is 1. The molecule has 0 saturated carbocycles. The van der Waals surface area contributed by atoms with Crippen LogP contribution in [0.4, 0.5) is 0 Å². The Hall–Kier alpha value is -2.40. The van der Waals surface area contributed by atoms with Crippen LogP contribution in [0.2, 0.25) is 0 Å². The van der Waals surface area contributed by atoms with E-state index in [-0.39, 0.29) is 5.97 Å². The van der Waals surface area contributed by atoms with Gasteiger partial charge in [-0.3, -0.25) is 4.79 Å². The predicted molar refractivity (Wildman–Crippen MR) is 127 cm³/mol. The molecule has 0 saturated heterocycles. The van der Waals surface area contributed by atoms with Gasteiger partial charge in [-0.1, -0.05) is 57.5 Å². The molecule has 0 unspecified atom stereocenters. The van der Waals surface area contributed by atoms with Crippen LogP contribution < -0.4 is 4.74 Å². The third kappa shape index (κ3) is 7.35. The van der Waals surface area contributed by atoms with Crippen molar-refractivity contribution >= 4 is 17.3 Å². The van der Waals surface area contributed by atoms with E-state index >= 15 is 0 Å². The van der Waals surface area contributed by atoms with E-state index in [0.29, 0.717) is 17.9 Å². The molecule has 0 atom stereocenters. The number of rotatable bonds is 13. The van der Waals surface area contributed by atoms with Gasteiger partial charge in [-0.05, 0) is 55.7 Å². The van der Waals surface area contributed by atoms with Crippen LogP contribution >= 0.6 is 11.3 Å². The zero-order valence-corrected chi connectivity index (χ0v) is 19.5. The Kier molecular flexibility index (Phi) is 9.35. The average molecular weight is 440 g/mol. The fraction of sp³-hybridized carbons (Fsp3) is 0.462. The van der Waals surface area contributed by atoms with Crippen molar-refractivity contribution in [3.05, 3.63) is 47.3 Å². The minimum absolute atomic E-state index is 0.165. The first-order chi connectivity index (χ1) is 15.2. The Bertz CT molecular complexity index is 926. The van der Waals surface area contributed by atoms with Crippen LogP contribution in [0.5, 0.6) is 5.75 Å². The van der Waals surface area contributed by atoms with Gasteiger partial charge in [0.2, 0.25) is 0 Å². The number of hydrogen-bond acceptors (Lipinski definition) is 5. The van der Waals surface area contributed by atoms with Gasteiger partial charge in [-0.15, -0.1) is 11.3 Å². The number of esters is 1. The molecule has 0 N–H and O–H groups in total. The van der Waals surface area contributed by atoms with E-state index < -0.39 is 0 Å². The maximum Gasteiger partial charge on any atom is 0.311 e. The van der Waals surface area contributed by atoms with E-state index in [2.05, 4.69) is 31.1 Å². The molecule has 5 heteroatoms. The molecule has 0 bridgehead atoms. The zero-order valence-electron chi connectivity index (χ0n) is 18.7. The lowest BCUT2D eigenvalue weighted by atomic mass is 10.1. The van der Waals surface area contributed by atoms with Crippen molar-refractivity contribution in [2.24, 2.45) is 0 Å². The lowest BCUT2D eigenvalue weighted by Crippen LogP contribution is -2.07. The molecule has 0 aliphatic carbocycles. The highest BCUT2D eigenvalue weighted by molar-refractivity contribution is 7.15. The number of aryl methyl sites for hydroxylation is 1. The summed E-state index contributed by atoms with van der Waals surface area (Å²) in [6.45, 7) is 4.41. The molecule has 0 fully saturated rings. The summed E-state index contributed by atoms with van der Waals surface area (Å²) in [5, 5.41) is 4.24. The van der Waals surface area contributed by atoms with Gasteiger partial charge < -0.3 is 9.26 Å². The van der Waals surface area contributed by atoms with E-state index in [1.54, 1.807) is 11.3 Å². The quantitative estimate of drug-likeness (QED) is 0.153. The second-order valence-electron chi connectivity index (χ2n) is 7.96. The topological polar surface area (TPSA) is 52.3 Å². The SMILES string of the molecule is CCCCCCCCC(=O)Oc1ccc(-c2cc(-c3ccc(CCCC)s3)no2)cc1. The highest BCUT2D eigenvalue weighted by atomic mass is 32.1. The second-order valence-corrected chi connectivity index (χ2v) is 9.13. The zero-order chi connectivity index (χ0) is 21.9. The van der Waals surface area contributed by atoms with Crippen LogP contribution in [0.25, 0.3) is 21.9 Å². The van der Waals surface area contributed by atoms with Gasteiger partial charge in [0.25, 0.3) is 0 Å². The monoisotopic (exact) mass is 439 g/mol. The normalized spacial score (nSPS) is 11.0. The summed E-state index contributed by atoms with van der Waals surface area (Å²) in [4.78, 5) is 14.5. The molecular formula is C26H33NO3S. The van der Waals surface area contributed by atoms with Crippen molar-refractivity contribution in [1.29, 1.82) is 0 Å². The molecule has 31 heavy (non-hydrogen) atoms. The van der Waals surface area contributed by atoms with Crippen LogP contribution in [-0.2, 0) is 11.2 Å². The van der Waals surface area contributed by atoms with Gasteiger partial charge in [0.15, 0.2) is 5.76 Å². The third-order valence-corrected chi connectivity index (χ3v) is 6.47. The molecule has 1 aromatic carbocycles. The van der Waals surface area contributed by atoms with E-state index in [1.807, 2.05) is 30.3 Å². The molecule has 2 heterocycles. The standard InChI is InChI=1S/C26H33NO3S/c1-3-5-7-8-9-10-12-26(28)29-21-15-13-20(14-16-21)24-19-23(27-30-24)25-18-17-22(31-25)11-6-4-2/h13-19H,3-12H2,1-2H3. The Morgan fingerprint density at radius 3 is 2.45 bits per heavy atom. The Morgan fingerprint density at radius 1 is 0.935 bits per heavy atom. The maximum atomic E-state index is 12.0. The van der Waals surface area contributed by atoms with Crippen molar-refractivity contribution in [2.75, 3.05) is 0 Å². The summed E-state index contributed by atoms with van der Waals surface area (Å²) in [6, 6.07) is 13.7. The number of aromatic nitrogens is 1. The molecule has 3 aromatic rings. The van der Waals surface area contributed by atoms with E-state index in [9.17, 15) is 4.79 Å². The van der Waals surface area contributed by atoms with Gasteiger partial charge in [0.1, 0.15) is 11.4 Å². The molecule has 166 valence electrons. The first-order valence-corrected chi connectivity index (χ1v) is 12.4. The molecule has 2 aromatic heterocycles. The largest absolute Gasteiger partial charge is 0.427 e. The molecule has 4 nitrogen and oxygen atoms in total. The lowest BCUT2D eigenvalue weighted by molar-refractivity contribution is -0.134. The molecule has 3 rings (SSSR count). The van der Waals surface area contributed by atoms with Gasteiger partial charge in [0.05, 0.1) is 4.88 Å². The molecule has 0 aliphatic heterocycles. The lowest BCUT2D eigenvalue weighted by Gasteiger charge is -2.05. The molecule has 0 radical (unpaired) electrons. The molecule has 0 amide bonds. The number of thiophene rings is 1. The fourth-order valence-corrected chi connectivity index (χ4v) is 4.45. The molecule has 0 spiro atoms. The van der Waals surface area contributed by atoms with E-state index in [1.165, 1.54) is 43.4 Å². The van der Waals surface area contributed by atoms with E-state index in [4.69, 9.17) is 9.26 Å². The molecule has 0 aliphatic rings. The minimum atomic E-state index is -0.165. The number of ether oxygens (including phenoxy) is 1. The summed E-state index contributed by atoms with van der Waals surface area (Å²) in [5.41, 5.74) is 1.77. The summed E-state index contributed by atoms with van der Waals surface area (Å²) in [7, 11) is 0. The fourth-order valence-electron chi connectivity index (χ4n) is 3.45. The molecular weight excluding hydrogens is 406 g/mol. The van der Waals surface area contributed by atoms with E-state index in [0.717, 1.165) is 35.4 Å². The predicted octanol–water partition coefficient (Wildman–Crippen LogP) is 8.07. The maximum absolute atomic E-state index is 12.0. The first kappa shape index (κ1) is 23.3. The van der Waals surface area contributed by atoms with Crippen molar-refractivity contribution in [3.63, 3.8) is 0 Å². The van der Waals surface area contributed by atoms with Crippen LogP contribution in [0.3, 0.4) is 0 Å². The van der Waals surface area contributed by atoms with Gasteiger partial charge >= 0.3 is 5.97 Å².